The molecular formula is C20H25ClN4O3. The summed E-state index contributed by atoms with van der Waals surface area (Å²) in [5, 5.41) is 7.29. The number of piperidine rings is 1. The SMILES string of the molecule is Cc1noc([C@@H]2CCCN(C(=O)[C@H](NC(=O)c3ccc(Cl)cc3)C(C)C)C2)n1. The topological polar surface area (TPSA) is 88.3 Å². The van der Waals surface area contributed by atoms with Crippen molar-refractivity contribution < 1.29 is 14.1 Å². The van der Waals surface area contributed by atoms with E-state index in [1.54, 1.807) is 36.1 Å². The molecule has 150 valence electrons. The van der Waals surface area contributed by atoms with Crippen molar-refractivity contribution in [3.63, 3.8) is 0 Å². The fourth-order valence-corrected chi connectivity index (χ4v) is 3.52. The monoisotopic (exact) mass is 404 g/mol. The van der Waals surface area contributed by atoms with Crippen LogP contribution in [0.25, 0.3) is 0 Å². The van der Waals surface area contributed by atoms with Gasteiger partial charge in [0.05, 0.1) is 5.92 Å². The lowest BCUT2D eigenvalue weighted by Gasteiger charge is -2.35. The van der Waals surface area contributed by atoms with Gasteiger partial charge < -0.3 is 14.7 Å². The second kappa shape index (κ2) is 8.73. The van der Waals surface area contributed by atoms with Gasteiger partial charge in [0.1, 0.15) is 6.04 Å². The summed E-state index contributed by atoms with van der Waals surface area (Å²) in [7, 11) is 0. The van der Waals surface area contributed by atoms with Crippen LogP contribution in [0.15, 0.2) is 28.8 Å². The van der Waals surface area contributed by atoms with Gasteiger partial charge in [-0.15, -0.1) is 0 Å². The molecule has 1 aliphatic heterocycles. The zero-order valence-corrected chi connectivity index (χ0v) is 17.1. The van der Waals surface area contributed by atoms with E-state index in [1.807, 2.05) is 13.8 Å². The van der Waals surface area contributed by atoms with Crippen molar-refractivity contribution in [2.24, 2.45) is 5.92 Å². The summed E-state index contributed by atoms with van der Waals surface area (Å²) >= 11 is 5.88. The van der Waals surface area contributed by atoms with Crippen molar-refractivity contribution in [1.29, 1.82) is 0 Å². The molecule has 1 fully saturated rings. The second-order valence-corrected chi connectivity index (χ2v) is 7.94. The first kappa shape index (κ1) is 20.3. The van der Waals surface area contributed by atoms with E-state index in [1.165, 1.54) is 0 Å². The molecular weight excluding hydrogens is 380 g/mol. The number of nitrogens with one attached hydrogen (secondary N) is 1. The molecule has 1 aliphatic rings. The summed E-state index contributed by atoms with van der Waals surface area (Å²) < 4.78 is 5.29. The predicted octanol–water partition coefficient (Wildman–Crippen LogP) is 3.19. The molecule has 7 nitrogen and oxygen atoms in total. The van der Waals surface area contributed by atoms with Crippen LogP contribution in [0.3, 0.4) is 0 Å². The highest BCUT2D eigenvalue weighted by Crippen LogP contribution is 2.26. The highest BCUT2D eigenvalue weighted by molar-refractivity contribution is 6.30. The van der Waals surface area contributed by atoms with Crippen LogP contribution in [-0.4, -0.2) is 46.0 Å². The van der Waals surface area contributed by atoms with E-state index in [9.17, 15) is 9.59 Å². The highest BCUT2D eigenvalue weighted by atomic mass is 35.5. The molecule has 2 atom stereocenters. The van der Waals surface area contributed by atoms with Crippen molar-refractivity contribution in [3.05, 3.63) is 46.6 Å². The second-order valence-electron chi connectivity index (χ2n) is 7.51. The zero-order valence-electron chi connectivity index (χ0n) is 16.3. The quantitative estimate of drug-likeness (QED) is 0.826. The van der Waals surface area contributed by atoms with Crippen LogP contribution in [0.4, 0.5) is 0 Å². The van der Waals surface area contributed by atoms with Gasteiger partial charge >= 0.3 is 0 Å². The lowest BCUT2D eigenvalue weighted by atomic mass is 9.95. The average Bonchev–Trinajstić information content (AvgIpc) is 3.12. The van der Waals surface area contributed by atoms with E-state index in [4.69, 9.17) is 16.1 Å². The molecule has 0 aliphatic carbocycles. The molecule has 0 spiro atoms. The Balaban J connectivity index is 1.69. The summed E-state index contributed by atoms with van der Waals surface area (Å²) in [5.41, 5.74) is 0.473. The number of halogens is 1. The fraction of sp³-hybridized carbons (Fsp3) is 0.500. The molecule has 0 radical (unpaired) electrons. The Labute approximate surface area is 169 Å². The Morgan fingerprint density at radius 2 is 2.00 bits per heavy atom. The molecule has 0 bridgehead atoms. The van der Waals surface area contributed by atoms with Crippen molar-refractivity contribution in [1.82, 2.24) is 20.4 Å². The molecule has 1 saturated heterocycles. The maximum Gasteiger partial charge on any atom is 0.251 e. The minimum absolute atomic E-state index is 0.0266. The van der Waals surface area contributed by atoms with Crippen LogP contribution >= 0.6 is 11.6 Å². The molecule has 0 unspecified atom stereocenters. The minimum Gasteiger partial charge on any atom is -0.340 e. The predicted molar refractivity (Wildman–Crippen MR) is 105 cm³/mol. The van der Waals surface area contributed by atoms with Crippen LogP contribution in [0, 0.1) is 12.8 Å². The summed E-state index contributed by atoms with van der Waals surface area (Å²) in [6.45, 7) is 6.80. The molecule has 8 heteroatoms. The van der Waals surface area contributed by atoms with Gasteiger partial charge in [0.15, 0.2) is 5.82 Å². The molecule has 2 amide bonds. The maximum absolute atomic E-state index is 13.2. The molecule has 1 aromatic heterocycles. The van der Waals surface area contributed by atoms with Gasteiger partial charge in [-0.1, -0.05) is 30.6 Å². The minimum atomic E-state index is -0.605. The third-order valence-electron chi connectivity index (χ3n) is 4.95. The summed E-state index contributed by atoms with van der Waals surface area (Å²) in [6.07, 6.45) is 1.75. The van der Waals surface area contributed by atoms with E-state index >= 15 is 0 Å². The molecule has 2 aromatic rings. The average molecular weight is 405 g/mol. The Morgan fingerprint density at radius 1 is 1.29 bits per heavy atom. The van der Waals surface area contributed by atoms with Gasteiger partial charge in [0.2, 0.25) is 11.8 Å². The first-order valence-electron chi connectivity index (χ1n) is 9.50. The summed E-state index contributed by atoms with van der Waals surface area (Å²) in [4.78, 5) is 31.9. The Hall–Kier alpha value is -2.41. The highest BCUT2D eigenvalue weighted by Gasteiger charge is 2.33. The maximum atomic E-state index is 13.2. The number of rotatable bonds is 5. The van der Waals surface area contributed by atoms with E-state index in [0.717, 1.165) is 12.8 Å². The van der Waals surface area contributed by atoms with Gasteiger partial charge in [-0.25, -0.2) is 0 Å². The third-order valence-corrected chi connectivity index (χ3v) is 5.20. The van der Waals surface area contributed by atoms with Gasteiger partial charge in [0, 0.05) is 23.7 Å². The number of carbonyl (C=O) groups excluding carboxylic acids is 2. The Morgan fingerprint density at radius 3 is 2.61 bits per heavy atom. The van der Waals surface area contributed by atoms with Crippen LogP contribution in [-0.2, 0) is 4.79 Å². The van der Waals surface area contributed by atoms with Crippen molar-refractivity contribution in [3.8, 4) is 0 Å². The third kappa shape index (κ3) is 4.70. The van der Waals surface area contributed by atoms with Gasteiger partial charge in [-0.05, 0) is 49.9 Å². The Bertz CT molecular complexity index is 834. The Kier molecular flexibility index (Phi) is 6.34. The molecule has 2 heterocycles. The number of likely N-dealkylation sites (tertiary alicyclic amines) is 1. The molecule has 28 heavy (non-hydrogen) atoms. The number of carbonyl (C=O) groups is 2. The standard InChI is InChI=1S/C20H25ClN4O3/c1-12(2)17(23-18(26)14-6-8-16(21)9-7-14)20(27)25-10-4-5-15(11-25)19-22-13(3)24-28-19/h6-9,12,15,17H,4-5,10-11H2,1-3H3,(H,23,26)/t15-,17-/m1/s1. The van der Waals surface area contributed by atoms with Gasteiger partial charge in [-0.3, -0.25) is 9.59 Å². The summed E-state index contributed by atoms with van der Waals surface area (Å²) in [6, 6.07) is 6.00. The number of hydrogen-bond acceptors (Lipinski definition) is 5. The zero-order chi connectivity index (χ0) is 20.3. The number of hydrogen-bond donors (Lipinski definition) is 1. The number of nitrogens with zero attached hydrogens (tertiary/aromatic N) is 3. The van der Waals surface area contributed by atoms with Crippen molar-refractivity contribution in [2.75, 3.05) is 13.1 Å². The molecule has 0 saturated carbocycles. The fourth-order valence-electron chi connectivity index (χ4n) is 3.39. The van der Waals surface area contributed by atoms with E-state index in [-0.39, 0.29) is 23.7 Å². The van der Waals surface area contributed by atoms with E-state index in [0.29, 0.717) is 35.4 Å². The lowest BCUT2D eigenvalue weighted by Crippen LogP contribution is -2.53. The number of aromatic nitrogens is 2. The van der Waals surface area contributed by atoms with Crippen LogP contribution in [0.1, 0.15) is 54.7 Å². The molecule has 1 N–H and O–H groups in total. The largest absolute Gasteiger partial charge is 0.340 e. The first-order valence-corrected chi connectivity index (χ1v) is 9.88. The van der Waals surface area contributed by atoms with Crippen LogP contribution in [0.5, 0.6) is 0 Å². The van der Waals surface area contributed by atoms with Crippen molar-refractivity contribution in [2.45, 2.75) is 45.6 Å². The van der Waals surface area contributed by atoms with Crippen LogP contribution in [0.2, 0.25) is 5.02 Å². The number of benzene rings is 1. The molecule has 1 aromatic carbocycles. The summed E-state index contributed by atoms with van der Waals surface area (Å²) in [5.74, 6) is 0.770. The number of amides is 2. The van der Waals surface area contributed by atoms with Crippen LogP contribution < -0.4 is 5.32 Å². The number of aryl methyl sites for hydroxylation is 1. The van der Waals surface area contributed by atoms with E-state index in [2.05, 4.69) is 15.5 Å². The first-order chi connectivity index (χ1) is 13.3. The molecule has 3 rings (SSSR count). The van der Waals surface area contributed by atoms with E-state index < -0.39 is 6.04 Å². The van der Waals surface area contributed by atoms with Crippen molar-refractivity contribution >= 4 is 23.4 Å². The van der Waals surface area contributed by atoms with Gasteiger partial charge in [0.25, 0.3) is 5.91 Å². The normalized spacial score (nSPS) is 18.2. The smallest absolute Gasteiger partial charge is 0.251 e. The lowest BCUT2D eigenvalue weighted by molar-refractivity contribution is -0.135. The van der Waals surface area contributed by atoms with Gasteiger partial charge in [-0.2, -0.15) is 4.98 Å².